The van der Waals surface area contributed by atoms with E-state index in [1.807, 2.05) is 18.3 Å². The van der Waals surface area contributed by atoms with Gasteiger partial charge in [0.2, 0.25) is 5.88 Å². The highest BCUT2D eigenvalue weighted by atomic mass is 16.5. The third-order valence-electron chi connectivity index (χ3n) is 5.51. The fourth-order valence-corrected chi connectivity index (χ4v) is 4.35. The van der Waals surface area contributed by atoms with Gasteiger partial charge in [0, 0.05) is 43.7 Å². The topological polar surface area (TPSA) is 59.0 Å². The molecule has 0 amide bonds. The van der Waals surface area contributed by atoms with E-state index in [0.717, 1.165) is 31.2 Å². The van der Waals surface area contributed by atoms with E-state index in [1.165, 1.54) is 12.8 Å². The Morgan fingerprint density at radius 3 is 2.67 bits per heavy atom. The molecule has 4 unspecified atom stereocenters. The number of nitrogens with one attached hydrogen (secondary N) is 1. The van der Waals surface area contributed by atoms with Crippen molar-refractivity contribution in [1.82, 2.24) is 15.2 Å². The van der Waals surface area contributed by atoms with Gasteiger partial charge in [0.1, 0.15) is 0 Å². The minimum Gasteiger partial charge on any atom is -0.481 e. The maximum absolute atomic E-state index is 6.07. The van der Waals surface area contributed by atoms with Crippen molar-refractivity contribution in [2.75, 3.05) is 26.7 Å². The number of fused-ring (bicyclic) bond motifs is 5. The zero-order valence-electron chi connectivity index (χ0n) is 14.4. The Hall–Kier alpha value is -1.82. The van der Waals surface area contributed by atoms with E-state index >= 15 is 0 Å². The fraction of sp³-hybridized carbons (Fsp3) is 0.667. The Balaban J connectivity index is 1.44. The molecule has 1 N–H and O–H groups in total. The van der Waals surface area contributed by atoms with Crippen LogP contribution in [-0.2, 0) is 11.3 Å². The van der Waals surface area contributed by atoms with E-state index in [9.17, 15) is 0 Å². The molecule has 24 heavy (non-hydrogen) atoms. The van der Waals surface area contributed by atoms with Gasteiger partial charge < -0.3 is 19.7 Å². The number of aliphatic imine (C=N–C) groups is 1. The largest absolute Gasteiger partial charge is 0.481 e. The molecule has 3 aliphatic heterocycles. The lowest BCUT2D eigenvalue weighted by Gasteiger charge is -2.23. The van der Waals surface area contributed by atoms with Crippen molar-refractivity contribution in [3.63, 3.8) is 0 Å². The zero-order valence-corrected chi connectivity index (χ0v) is 14.4. The number of likely N-dealkylation sites (tertiary alicyclic amines) is 1. The van der Waals surface area contributed by atoms with E-state index in [4.69, 9.17) is 14.5 Å². The summed E-state index contributed by atoms with van der Waals surface area (Å²) in [6.07, 6.45) is 5.28. The first kappa shape index (κ1) is 15.7. The Kier molecular flexibility index (Phi) is 4.31. The van der Waals surface area contributed by atoms with E-state index in [-0.39, 0.29) is 0 Å². The zero-order chi connectivity index (χ0) is 16.5. The summed E-state index contributed by atoms with van der Waals surface area (Å²) in [7, 11) is 1.63. The Bertz CT molecular complexity index is 586. The number of methoxy groups -OCH3 is 1. The predicted octanol–water partition coefficient (Wildman–Crippen LogP) is 1.66. The van der Waals surface area contributed by atoms with Gasteiger partial charge in [0.05, 0.1) is 25.9 Å². The molecule has 3 saturated heterocycles. The molecule has 1 aromatic rings. The number of rotatable bonds is 4. The number of hydrogen-bond donors (Lipinski definition) is 1. The molecule has 0 spiro atoms. The average Bonchev–Trinajstić information content (AvgIpc) is 3.31. The van der Waals surface area contributed by atoms with Crippen LogP contribution in [0.1, 0.15) is 25.3 Å². The van der Waals surface area contributed by atoms with Crippen LogP contribution in [0.2, 0.25) is 0 Å². The number of pyridine rings is 1. The molecular weight excluding hydrogens is 304 g/mol. The molecule has 3 aliphatic rings. The molecule has 1 aromatic heterocycles. The van der Waals surface area contributed by atoms with Crippen molar-refractivity contribution in [2.45, 2.75) is 38.5 Å². The molecule has 0 saturated carbocycles. The molecular formula is C18H26N4O2. The average molecular weight is 330 g/mol. The summed E-state index contributed by atoms with van der Waals surface area (Å²) >= 11 is 0. The summed E-state index contributed by atoms with van der Waals surface area (Å²) < 4.78 is 11.2. The second-order valence-electron chi connectivity index (χ2n) is 6.90. The molecule has 6 heteroatoms. The number of nitrogens with zero attached hydrogens (tertiary/aromatic N) is 3. The van der Waals surface area contributed by atoms with E-state index in [1.54, 1.807) is 7.11 Å². The third kappa shape index (κ3) is 2.83. The highest BCUT2D eigenvalue weighted by Crippen LogP contribution is 2.47. The number of hydrogen-bond acceptors (Lipinski definition) is 4. The van der Waals surface area contributed by atoms with Crippen LogP contribution in [-0.4, -0.2) is 54.8 Å². The number of guanidine groups is 1. The molecule has 2 bridgehead atoms. The summed E-state index contributed by atoms with van der Waals surface area (Å²) in [6.45, 7) is 5.77. The molecule has 4 atom stereocenters. The minimum absolute atomic E-state index is 0.485. The molecule has 6 nitrogen and oxygen atoms in total. The molecule has 0 aliphatic carbocycles. The second-order valence-corrected chi connectivity index (χ2v) is 6.90. The highest BCUT2D eigenvalue weighted by Gasteiger charge is 2.53. The Morgan fingerprint density at radius 1 is 1.33 bits per heavy atom. The number of aromatic nitrogens is 1. The second kappa shape index (κ2) is 6.59. The van der Waals surface area contributed by atoms with Gasteiger partial charge >= 0.3 is 0 Å². The molecule has 0 aromatic carbocycles. The van der Waals surface area contributed by atoms with Gasteiger partial charge in [-0.2, -0.15) is 0 Å². The summed E-state index contributed by atoms with van der Waals surface area (Å²) in [5.41, 5.74) is 1.09. The Morgan fingerprint density at radius 2 is 2.08 bits per heavy atom. The van der Waals surface area contributed by atoms with Gasteiger partial charge in [-0.05, 0) is 25.3 Å². The third-order valence-corrected chi connectivity index (χ3v) is 5.51. The maximum atomic E-state index is 6.07. The van der Waals surface area contributed by atoms with E-state index in [2.05, 4.69) is 22.1 Å². The van der Waals surface area contributed by atoms with Gasteiger partial charge in [-0.15, -0.1) is 0 Å². The lowest BCUT2D eigenvalue weighted by Crippen LogP contribution is -2.41. The van der Waals surface area contributed by atoms with Crippen molar-refractivity contribution in [3.8, 4) is 5.88 Å². The summed E-state index contributed by atoms with van der Waals surface area (Å²) in [6, 6.07) is 3.90. The number of ether oxygens (including phenoxy) is 2. The van der Waals surface area contributed by atoms with Gasteiger partial charge in [0.25, 0.3) is 0 Å². The van der Waals surface area contributed by atoms with Crippen molar-refractivity contribution in [3.05, 3.63) is 23.9 Å². The van der Waals surface area contributed by atoms with Crippen molar-refractivity contribution < 1.29 is 9.47 Å². The van der Waals surface area contributed by atoms with E-state index < -0.39 is 0 Å². The summed E-state index contributed by atoms with van der Waals surface area (Å²) in [5, 5.41) is 3.45. The van der Waals surface area contributed by atoms with Crippen molar-refractivity contribution in [1.29, 1.82) is 0 Å². The van der Waals surface area contributed by atoms with Crippen LogP contribution in [0.25, 0.3) is 0 Å². The first-order chi connectivity index (χ1) is 11.8. The van der Waals surface area contributed by atoms with Crippen LogP contribution in [0.4, 0.5) is 0 Å². The van der Waals surface area contributed by atoms with Gasteiger partial charge in [-0.1, -0.05) is 6.07 Å². The highest BCUT2D eigenvalue weighted by molar-refractivity contribution is 5.80. The Labute approximate surface area is 143 Å². The maximum Gasteiger partial charge on any atom is 0.212 e. The normalized spacial score (nSPS) is 31.4. The molecule has 4 heterocycles. The van der Waals surface area contributed by atoms with Gasteiger partial charge in [-0.25, -0.2) is 9.98 Å². The molecule has 4 rings (SSSR count). The van der Waals surface area contributed by atoms with Crippen LogP contribution >= 0.6 is 0 Å². The van der Waals surface area contributed by atoms with Crippen LogP contribution in [0.3, 0.4) is 0 Å². The summed E-state index contributed by atoms with van der Waals surface area (Å²) in [4.78, 5) is 11.5. The summed E-state index contributed by atoms with van der Waals surface area (Å²) in [5.74, 6) is 3.03. The minimum atomic E-state index is 0.485. The molecule has 130 valence electrons. The van der Waals surface area contributed by atoms with Crippen LogP contribution in [0.15, 0.2) is 23.3 Å². The van der Waals surface area contributed by atoms with Crippen LogP contribution in [0.5, 0.6) is 5.88 Å². The smallest absolute Gasteiger partial charge is 0.212 e. The first-order valence-corrected chi connectivity index (χ1v) is 8.96. The predicted molar refractivity (Wildman–Crippen MR) is 92.1 cm³/mol. The standard InChI is InChI=1S/C18H26N4O2/c1-3-19-18(21-9-12-4-7-17(23-2)20-8-12)22-10-13-14(11-22)16-6-5-15(13)24-16/h4,7-8,13-16H,3,5-6,9-11H2,1-2H3,(H,19,21). The van der Waals surface area contributed by atoms with Gasteiger partial charge in [0.15, 0.2) is 5.96 Å². The lowest BCUT2D eigenvalue weighted by molar-refractivity contribution is 0.0767. The SMILES string of the molecule is CCNC(=NCc1ccc(OC)nc1)N1CC2C3CCC(O3)C2C1. The van der Waals surface area contributed by atoms with Crippen molar-refractivity contribution >= 4 is 5.96 Å². The van der Waals surface area contributed by atoms with Crippen LogP contribution < -0.4 is 10.1 Å². The van der Waals surface area contributed by atoms with Gasteiger partial charge in [-0.3, -0.25) is 0 Å². The monoisotopic (exact) mass is 330 g/mol. The van der Waals surface area contributed by atoms with E-state index in [0.29, 0.717) is 36.5 Å². The van der Waals surface area contributed by atoms with Crippen molar-refractivity contribution in [2.24, 2.45) is 16.8 Å². The molecule has 0 radical (unpaired) electrons. The first-order valence-electron chi connectivity index (χ1n) is 8.96. The lowest BCUT2D eigenvalue weighted by atomic mass is 9.82. The van der Waals surface area contributed by atoms with Crippen LogP contribution in [0, 0.1) is 11.8 Å². The fourth-order valence-electron chi connectivity index (χ4n) is 4.35. The molecule has 3 fully saturated rings. The quantitative estimate of drug-likeness (QED) is 0.672.